The van der Waals surface area contributed by atoms with Crippen molar-refractivity contribution in [2.75, 3.05) is 6.54 Å². The molecule has 4 aromatic rings. The Morgan fingerprint density at radius 3 is 2.28 bits per heavy atom. The van der Waals surface area contributed by atoms with Crippen molar-refractivity contribution in [1.82, 2.24) is 9.73 Å². The van der Waals surface area contributed by atoms with Gasteiger partial charge in [0.05, 0.1) is 17.7 Å². The molecule has 4 rings (SSSR count). The van der Waals surface area contributed by atoms with E-state index in [1.54, 1.807) is 42.5 Å². The van der Waals surface area contributed by atoms with Crippen LogP contribution in [0.1, 0.15) is 22.3 Å². The molecule has 9 heteroatoms. The lowest BCUT2D eigenvalue weighted by Crippen LogP contribution is -2.39. The zero-order valence-electron chi connectivity index (χ0n) is 21.3. The van der Waals surface area contributed by atoms with Gasteiger partial charge >= 0.3 is 0 Å². The van der Waals surface area contributed by atoms with Crippen LogP contribution in [0, 0.1) is 12.7 Å². The van der Waals surface area contributed by atoms with E-state index >= 15 is 0 Å². The Morgan fingerprint density at radius 1 is 0.923 bits per heavy atom. The van der Waals surface area contributed by atoms with Gasteiger partial charge in [0, 0.05) is 12.1 Å². The third kappa shape index (κ3) is 7.83. The van der Waals surface area contributed by atoms with Crippen LogP contribution in [-0.4, -0.2) is 31.4 Å². The third-order valence-electron chi connectivity index (χ3n) is 5.81. The monoisotopic (exact) mass is 545 g/mol. The highest BCUT2D eigenvalue weighted by molar-refractivity contribution is 7.89. The number of sulfonamides is 1. The number of hydrogen-bond donors (Lipinski definition) is 1. The molecule has 0 aliphatic rings. The molecule has 200 valence electrons. The summed E-state index contributed by atoms with van der Waals surface area (Å²) in [5.41, 5.74) is 5.16. The van der Waals surface area contributed by atoms with Crippen LogP contribution in [0.15, 0.2) is 113 Å². The molecule has 0 saturated carbocycles. The van der Waals surface area contributed by atoms with Gasteiger partial charge in [0.2, 0.25) is 10.0 Å². The van der Waals surface area contributed by atoms with Crippen LogP contribution in [0.3, 0.4) is 0 Å². The molecular weight excluding hydrogens is 517 g/mol. The zero-order chi connectivity index (χ0) is 27.7. The average molecular weight is 546 g/mol. The standard InChI is InChI=1S/C30H28FN3O4S/c1-23-11-17-28(18-12-23)39(36,37)34(20-26-9-5-6-10-29(26)31)21-30(35)33-32-19-24-13-15-27(16-14-24)38-22-25-7-3-2-4-8-25/h2-19H,20-22H2,1H3,(H,33,35)/b32-19-. The maximum Gasteiger partial charge on any atom is 0.255 e. The van der Waals surface area contributed by atoms with Gasteiger partial charge in [0.25, 0.3) is 5.91 Å². The van der Waals surface area contributed by atoms with Gasteiger partial charge < -0.3 is 4.74 Å². The quantitative estimate of drug-likeness (QED) is 0.211. The molecule has 0 bridgehead atoms. The van der Waals surface area contributed by atoms with Crippen LogP contribution in [-0.2, 0) is 28.0 Å². The molecule has 0 aromatic heterocycles. The first kappa shape index (κ1) is 27.7. The summed E-state index contributed by atoms with van der Waals surface area (Å²) in [6, 6.07) is 29.0. The fourth-order valence-corrected chi connectivity index (χ4v) is 5.04. The highest BCUT2D eigenvalue weighted by atomic mass is 32.2. The molecule has 4 aromatic carbocycles. The molecule has 0 fully saturated rings. The maximum absolute atomic E-state index is 14.3. The van der Waals surface area contributed by atoms with Crippen LogP contribution in [0.25, 0.3) is 0 Å². The van der Waals surface area contributed by atoms with Crippen molar-refractivity contribution in [2.45, 2.75) is 25.0 Å². The molecule has 1 amide bonds. The minimum Gasteiger partial charge on any atom is -0.489 e. The molecule has 0 aliphatic heterocycles. The number of ether oxygens (including phenoxy) is 1. The van der Waals surface area contributed by atoms with E-state index in [0.29, 0.717) is 17.9 Å². The van der Waals surface area contributed by atoms with Crippen molar-refractivity contribution in [3.8, 4) is 5.75 Å². The lowest BCUT2D eigenvalue weighted by atomic mass is 10.2. The van der Waals surface area contributed by atoms with E-state index in [-0.39, 0.29) is 17.0 Å². The molecule has 0 atom stereocenters. The minimum absolute atomic E-state index is 0.00955. The van der Waals surface area contributed by atoms with E-state index in [1.165, 1.54) is 36.5 Å². The van der Waals surface area contributed by atoms with E-state index < -0.39 is 28.3 Å². The van der Waals surface area contributed by atoms with Crippen LogP contribution >= 0.6 is 0 Å². The molecule has 1 N–H and O–H groups in total. The van der Waals surface area contributed by atoms with E-state index in [4.69, 9.17) is 4.74 Å². The van der Waals surface area contributed by atoms with Crippen molar-refractivity contribution in [2.24, 2.45) is 5.10 Å². The number of nitrogens with one attached hydrogen (secondary N) is 1. The van der Waals surface area contributed by atoms with Gasteiger partial charge in [-0.3, -0.25) is 4.79 Å². The molecule has 0 saturated heterocycles. The van der Waals surface area contributed by atoms with Crippen LogP contribution < -0.4 is 10.2 Å². The third-order valence-corrected chi connectivity index (χ3v) is 7.62. The first-order valence-corrected chi connectivity index (χ1v) is 13.6. The average Bonchev–Trinajstić information content (AvgIpc) is 2.94. The number of halogens is 1. The Labute approximate surface area is 227 Å². The largest absolute Gasteiger partial charge is 0.489 e. The number of hydrogen-bond acceptors (Lipinski definition) is 5. The summed E-state index contributed by atoms with van der Waals surface area (Å²) in [6.45, 7) is 1.42. The van der Waals surface area contributed by atoms with E-state index in [1.807, 2.05) is 37.3 Å². The smallest absolute Gasteiger partial charge is 0.255 e. The van der Waals surface area contributed by atoms with Crippen molar-refractivity contribution >= 4 is 22.1 Å². The molecule has 7 nitrogen and oxygen atoms in total. The fourth-order valence-electron chi connectivity index (χ4n) is 3.67. The molecule has 0 spiro atoms. The number of nitrogens with zero attached hydrogens (tertiary/aromatic N) is 2. The second kappa shape index (κ2) is 12.9. The number of carbonyl (C=O) groups is 1. The lowest BCUT2D eigenvalue weighted by molar-refractivity contribution is -0.121. The summed E-state index contributed by atoms with van der Waals surface area (Å²) in [6.07, 6.45) is 1.44. The molecular formula is C30H28FN3O4S. The van der Waals surface area contributed by atoms with Crippen LogP contribution in [0.2, 0.25) is 0 Å². The SMILES string of the molecule is Cc1ccc(S(=O)(=O)N(CC(=O)N/N=C\c2ccc(OCc3ccccc3)cc2)Cc2ccccc2F)cc1. The lowest BCUT2D eigenvalue weighted by Gasteiger charge is -2.22. The van der Waals surface area contributed by atoms with Gasteiger partial charge in [-0.2, -0.15) is 9.41 Å². The normalized spacial score (nSPS) is 11.6. The highest BCUT2D eigenvalue weighted by Crippen LogP contribution is 2.20. The van der Waals surface area contributed by atoms with Crippen molar-refractivity contribution in [3.05, 3.63) is 131 Å². The topological polar surface area (TPSA) is 88.1 Å². The van der Waals surface area contributed by atoms with Crippen LogP contribution in [0.4, 0.5) is 4.39 Å². The minimum atomic E-state index is -4.10. The second-order valence-corrected chi connectivity index (χ2v) is 10.8. The number of hydrazone groups is 1. The number of amides is 1. The summed E-state index contributed by atoms with van der Waals surface area (Å²) in [7, 11) is -4.10. The number of aryl methyl sites for hydroxylation is 1. The van der Waals surface area contributed by atoms with Gasteiger partial charge in [-0.1, -0.05) is 66.2 Å². The summed E-state index contributed by atoms with van der Waals surface area (Å²) in [5, 5.41) is 3.95. The van der Waals surface area contributed by atoms with Gasteiger partial charge in [0.1, 0.15) is 18.2 Å². The van der Waals surface area contributed by atoms with E-state index in [2.05, 4.69) is 10.5 Å². The molecule has 0 aliphatic carbocycles. The first-order chi connectivity index (χ1) is 18.8. The highest BCUT2D eigenvalue weighted by Gasteiger charge is 2.27. The maximum atomic E-state index is 14.3. The van der Waals surface area contributed by atoms with Gasteiger partial charge in [-0.05, 0) is 60.5 Å². The predicted molar refractivity (Wildman–Crippen MR) is 148 cm³/mol. The van der Waals surface area contributed by atoms with Gasteiger partial charge in [-0.25, -0.2) is 18.2 Å². The molecule has 0 radical (unpaired) electrons. The van der Waals surface area contributed by atoms with Crippen molar-refractivity contribution < 1.29 is 22.3 Å². The van der Waals surface area contributed by atoms with E-state index in [0.717, 1.165) is 15.4 Å². The van der Waals surface area contributed by atoms with Gasteiger partial charge in [-0.15, -0.1) is 0 Å². The summed E-state index contributed by atoms with van der Waals surface area (Å²) < 4.78 is 47.7. The van der Waals surface area contributed by atoms with Crippen molar-refractivity contribution in [1.29, 1.82) is 0 Å². The Bertz CT molecular complexity index is 1520. The van der Waals surface area contributed by atoms with Crippen molar-refractivity contribution in [3.63, 3.8) is 0 Å². The first-order valence-electron chi connectivity index (χ1n) is 12.2. The van der Waals surface area contributed by atoms with Crippen LogP contribution in [0.5, 0.6) is 5.75 Å². The molecule has 39 heavy (non-hydrogen) atoms. The number of benzene rings is 4. The Morgan fingerprint density at radius 2 is 1.59 bits per heavy atom. The number of rotatable bonds is 11. The summed E-state index contributed by atoms with van der Waals surface area (Å²) in [5.74, 6) is -0.539. The Balaban J connectivity index is 1.40. The zero-order valence-corrected chi connectivity index (χ0v) is 22.1. The van der Waals surface area contributed by atoms with E-state index in [9.17, 15) is 17.6 Å². The molecule has 0 heterocycles. The Kier molecular flexibility index (Phi) is 9.19. The molecule has 0 unspecified atom stereocenters. The fraction of sp³-hybridized carbons (Fsp3) is 0.133. The Hall–Kier alpha value is -4.34. The van der Waals surface area contributed by atoms with Gasteiger partial charge in [0.15, 0.2) is 0 Å². The summed E-state index contributed by atoms with van der Waals surface area (Å²) >= 11 is 0. The number of carbonyl (C=O) groups excluding carboxylic acids is 1. The summed E-state index contributed by atoms with van der Waals surface area (Å²) in [4.78, 5) is 12.7. The predicted octanol–water partition coefficient (Wildman–Crippen LogP) is 5.05. The second-order valence-electron chi connectivity index (χ2n) is 8.81.